The van der Waals surface area contributed by atoms with Crippen molar-refractivity contribution in [3.63, 3.8) is 0 Å². The summed E-state index contributed by atoms with van der Waals surface area (Å²) in [6.07, 6.45) is 0. The number of azide groups is 1. The summed E-state index contributed by atoms with van der Waals surface area (Å²) in [4.78, 5) is 14.3. The minimum Gasteiger partial charge on any atom is -0.378 e. The third kappa shape index (κ3) is 6.64. The maximum Gasteiger partial charge on any atom is 0.251 e. The lowest BCUT2D eigenvalue weighted by atomic mass is 10.2. The van der Waals surface area contributed by atoms with E-state index in [1.165, 1.54) is 0 Å². The summed E-state index contributed by atoms with van der Waals surface area (Å²) < 4.78 is 5.13. The van der Waals surface area contributed by atoms with Gasteiger partial charge < -0.3 is 15.8 Å². The Bertz CT molecular complexity index is 431. The first-order valence-corrected chi connectivity index (χ1v) is 5.49. The van der Waals surface area contributed by atoms with Gasteiger partial charge in [-0.05, 0) is 17.7 Å². The van der Waals surface area contributed by atoms with Crippen LogP contribution in [0.4, 0.5) is 5.69 Å². The fraction of sp³-hybridized carbons (Fsp3) is 0.364. The Hall–Kier alpha value is -1.79. The highest BCUT2D eigenvalue weighted by Gasteiger charge is 2.03. The molecule has 7 nitrogen and oxygen atoms in total. The van der Waals surface area contributed by atoms with E-state index in [0.717, 1.165) is 0 Å². The molecule has 1 aromatic rings. The molecule has 0 unspecified atom stereocenters. The van der Waals surface area contributed by atoms with Crippen LogP contribution in [0.2, 0.25) is 0 Å². The Labute approximate surface area is 117 Å². The number of ether oxygens (including phenoxy) is 1. The molecule has 0 spiro atoms. The molecule has 0 aliphatic rings. The molecular formula is C11H16ClN5O2. The van der Waals surface area contributed by atoms with Gasteiger partial charge in [0.05, 0.1) is 13.2 Å². The molecule has 1 amide bonds. The summed E-state index contributed by atoms with van der Waals surface area (Å²) >= 11 is 0. The van der Waals surface area contributed by atoms with Crippen LogP contribution in [0.5, 0.6) is 0 Å². The van der Waals surface area contributed by atoms with Gasteiger partial charge in [-0.1, -0.05) is 17.2 Å². The summed E-state index contributed by atoms with van der Waals surface area (Å²) in [6, 6.07) is 6.36. The quantitative estimate of drug-likeness (QED) is 0.344. The number of halogens is 1. The van der Waals surface area contributed by atoms with Crippen molar-refractivity contribution in [1.82, 2.24) is 5.32 Å². The zero-order valence-corrected chi connectivity index (χ0v) is 11.1. The van der Waals surface area contributed by atoms with Crippen LogP contribution in [-0.4, -0.2) is 32.2 Å². The fourth-order valence-electron chi connectivity index (χ4n) is 1.26. The van der Waals surface area contributed by atoms with Crippen LogP contribution in [-0.2, 0) is 4.74 Å². The number of rotatable bonds is 7. The predicted octanol–water partition coefficient (Wildman–Crippen LogP) is 1.76. The van der Waals surface area contributed by atoms with E-state index in [2.05, 4.69) is 15.3 Å². The Morgan fingerprint density at radius 3 is 2.63 bits per heavy atom. The van der Waals surface area contributed by atoms with Gasteiger partial charge in [0.1, 0.15) is 0 Å². The Morgan fingerprint density at radius 1 is 1.37 bits per heavy atom. The average molecular weight is 286 g/mol. The molecule has 3 N–H and O–H groups in total. The number of carbonyl (C=O) groups excluding carboxylic acids is 1. The number of nitrogens with two attached hydrogens (primary N) is 1. The largest absolute Gasteiger partial charge is 0.378 e. The molecule has 0 aromatic heterocycles. The van der Waals surface area contributed by atoms with E-state index in [4.69, 9.17) is 16.0 Å². The lowest BCUT2D eigenvalue weighted by molar-refractivity contribution is 0.0920. The van der Waals surface area contributed by atoms with Crippen molar-refractivity contribution in [1.29, 1.82) is 0 Å². The Kier molecular flexibility index (Phi) is 9.20. The Morgan fingerprint density at radius 2 is 2.05 bits per heavy atom. The highest BCUT2D eigenvalue weighted by molar-refractivity contribution is 5.94. The first kappa shape index (κ1) is 17.2. The number of hydrogen-bond donors (Lipinski definition) is 2. The van der Waals surface area contributed by atoms with E-state index in [1.54, 1.807) is 24.3 Å². The highest BCUT2D eigenvalue weighted by Crippen LogP contribution is 2.12. The summed E-state index contributed by atoms with van der Waals surface area (Å²) in [5.41, 5.74) is 14.5. The SMILES string of the molecule is Cl.[N-]=[N+]=Nc1ccc(C(=O)NCCOCCN)cc1. The van der Waals surface area contributed by atoms with Gasteiger partial charge in [-0.15, -0.1) is 12.4 Å². The van der Waals surface area contributed by atoms with Crippen LogP contribution in [0.15, 0.2) is 29.4 Å². The topological polar surface area (TPSA) is 113 Å². The van der Waals surface area contributed by atoms with Gasteiger partial charge in [-0.2, -0.15) is 0 Å². The lowest BCUT2D eigenvalue weighted by Gasteiger charge is -2.05. The third-order valence-electron chi connectivity index (χ3n) is 2.08. The molecule has 1 aromatic carbocycles. The van der Waals surface area contributed by atoms with Gasteiger partial charge in [-0.3, -0.25) is 4.79 Å². The van der Waals surface area contributed by atoms with Crippen LogP contribution in [0, 0.1) is 0 Å². The molecule has 19 heavy (non-hydrogen) atoms. The van der Waals surface area contributed by atoms with E-state index >= 15 is 0 Å². The lowest BCUT2D eigenvalue weighted by Crippen LogP contribution is -2.27. The molecule has 0 saturated heterocycles. The van der Waals surface area contributed by atoms with Crippen molar-refractivity contribution in [2.45, 2.75) is 0 Å². The number of amides is 1. The molecule has 0 heterocycles. The smallest absolute Gasteiger partial charge is 0.251 e. The first-order chi connectivity index (χ1) is 8.77. The number of carbonyl (C=O) groups is 1. The molecule has 0 saturated carbocycles. The van der Waals surface area contributed by atoms with Gasteiger partial charge in [0.2, 0.25) is 0 Å². The predicted molar refractivity (Wildman–Crippen MR) is 74.7 cm³/mol. The second-order valence-corrected chi connectivity index (χ2v) is 3.39. The van der Waals surface area contributed by atoms with Gasteiger partial charge >= 0.3 is 0 Å². The van der Waals surface area contributed by atoms with Crippen molar-refractivity contribution in [2.24, 2.45) is 10.8 Å². The van der Waals surface area contributed by atoms with Crippen molar-refractivity contribution in [3.05, 3.63) is 40.3 Å². The molecule has 0 aliphatic heterocycles. The van der Waals surface area contributed by atoms with Crippen molar-refractivity contribution in [3.8, 4) is 0 Å². The van der Waals surface area contributed by atoms with E-state index in [1.807, 2.05) is 0 Å². The number of benzene rings is 1. The molecule has 1 rings (SSSR count). The number of nitrogens with zero attached hydrogens (tertiary/aromatic N) is 3. The molecule has 0 fully saturated rings. The molecule has 0 aliphatic carbocycles. The summed E-state index contributed by atoms with van der Waals surface area (Å²) in [5.74, 6) is -0.196. The molecule has 0 bridgehead atoms. The van der Waals surface area contributed by atoms with Crippen molar-refractivity contribution in [2.75, 3.05) is 26.3 Å². The van der Waals surface area contributed by atoms with Crippen LogP contribution < -0.4 is 11.1 Å². The van der Waals surface area contributed by atoms with Crippen molar-refractivity contribution < 1.29 is 9.53 Å². The van der Waals surface area contributed by atoms with E-state index in [-0.39, 0.29) is 18.3 Å². The maximum absolute atomic E-state index is 11.7. The van der Waals surface area contributed by atoms with Gasteiger partial charge in [-0.25, -0.2) is 0 Å². The normalized spacial score (nSPS) is 9.11. The summed E-state index contributed by atoms with van der Waals surface area (Å²) in [6.45, 7) is 1.81. The van der Waals surface area contributed by atoms with Crippen LogP contribution >= 0.6 is 12.4 Å². The van der Waals surface area contributed by atoms with Crippen LogP contribution in [0.1, 0.15) is 10.4 Å². The standard InChI is InChI=1S/C11H15N5O2.ClH/c12-5-7-18-8-6-14-11(17)9-1-3-10(4-2-9)15-16-13;/h1-4H,5-8,12H2,(H,14,17);1H. The Balaban J connectivity index is 0.00000324. The summed E-state index contributed by atoms with van der Waals surface area (Å²) in [5, 5.41) is 6.12. The average Bonchev–Trinajstić information content (AvgIpc) is 2.39. The molecule has 104 valence electrons. The third-order valence-corrected chi connectivity index (χ3v) is 2.08. The molecule has 8 heteroatoms. The fourth-order valence-corrected chi connectivity index (χ4v) is 1.26. The van der Waals surface area contributed by atoms with Gasteiger partial charge in [0.25, 0.3) is 5.91 Å². The zero-order chi connectivity index (χ0) is 13.2. The number of hydrogen-bond acceptors (Lipinski definition) is 4. The molecule has 0 radical (unpaired) electrons. The van der Waals surface area contributed by atoms with E-state index < -0.39 is 0 Å². The zero-order valence-electron chi connectivity index (χ0n) is 10.3. The molecular weight excluding hydrogens is 270 g/mol. The van der Waals surface area contributed by atoms with E-state index in [0.29, 0.717) is 37.6 Å². The van der Waals surface area contributed by atoms with Gasteiger partial charge in [0, 0.05) is 29.3 Å². The second kappa shape index (κ2) is 10.2. The number of nitrogens with one attached hydrogen (secondary N) is 1. The van der Waals surface area contributed by atoms with E-state index in [9.17, 15) is 4.79 Å². The molecule has 0 atom stereocenters. The second-order valence-electron chi connectivity index (χ2n) is 3.39. The minimum absolute atomic E-state index is 0. The van der Waals surface area contributed by atoms with Crippen LogP contribution in [0.3, 0.4) is 0 Å². The summed E-state index contributed by atoms with van der Waals surface area (Å²) in [7, 11) is 0. The maximum atomic E-state index is 11.7. The monoisotopic (exact) mass is 285 g/mol. The first-order valence-electron chi connectivity index (χ1n) is 5.49. The van der Waals surface area contributed by atoms with Gasteiger partial charge in [0.15, 0.2) is 0 Å². The minimum atomic E-state index is -0.196. The van der Waals surface area contributed by atoms with Crippen LogP contribution in [0.25, 0.3) is 10.4 Å². The van der Waals surface area contributed by atoms with Crippen molar-refractivity contribution >= 4 is 24.0 Å². The highest BCUT2D eigenvalue weighted by atomic mass is 35.5.